The van der Waals surface area contributed by atoms with Gasteiger partial charge in [-0.25, -0.2) is 13.1 Å². The lowest BCUT2D eigenvalue weighted by Crippen LogP contribution is -2.27. The summed E-state index contributed by atoms with van der Waals surface area (Å²) in [6.07, 6.45) is 0.442. The highest BCUT2D eigenvalue weighted by Gasteiger charge is 2.14. The standard InChI is InChI=1S/C18H19N3O4S/c1-24-16-9-7-15(8-10-16)18-21-20-17(25-18)13-19-26(22,23)12-11-14-5-3-2-4-6-14/h2-10,19H,11-13H2,1H3. The topological polar surface area (TPSA) is 94.3 Å². The molecule has 0 fully saturated rings. The zero-order chi connectivity index (χ0) is 18.4. The molecule has 1 aromatic heterocycles. The van der Waals surface area contributed by atoms with E-state index < -0.39 is 10.0 Å². The second-order valence-corrected chi connectivity index (χ2v) is 7.53. The van der Waals surface area contributed by atoms with Crippen LogP contribution in [0, 0.1) is 0 Å². The molecule has 0 radical (unpaired) electrons. The number of aromatic nitrogens is 2. The van der Waals surface area contributed by atoms with Gasteiger partial charge in [-0.2, -0.15) is 0 Å². The number of rotatable bonds is 8. The molecule has 0 atom stereocenters. The van der Waals surface area contributed by atoms with Gasteiger partial charge in [0, 0.05) is 5.56 Å². The molecule has 0 unspecified atom stereocenters. The van der Waals surface area contributed by atoms with Crippen LogP contribution in [0.2, 0.25) is 0 Å². The summed E-state index contributed by atoms with van der Waals surface area (Å²) in [5.41, 5.74) is 1.70. The van der Waals surface area contributed by atoms with E-state index in [4.69, 9.17) is 9.15 Å². The van der Waals surface area contributed by atoms with E-state index in [1.807, 2.05) is 30.3 Å². The Bertz CT molecular complexity index is 938. The SMILES string of the molecule is COc1ccc(-c2nnc(CNS(=O)(=O)CCc3ccccc3)o2)cc1. The predicted molar refractivity (Wildman–Crippen MR) is 97.1 cm³/mol. The number of ether oxygens (including phenoxy) is 1. The Balaban J connectivity index is 1.56. The number of aryl methyl sites for hydroxylation is 1. The summed E-state index contributed by atoms with van der Waals surface area (Å²) in [4.78, 5) is 0. The third-order valence-electron chi connectivity index (χ3n) is 3.75. The minimum absolute atomic E-state index is 0.00348. The van der Waals surface area contributed by atoms with Crippen LogP contribution in [0.25, 0.3) is 11.5 Å². The average Bonchev–Trinajstić information content (AvgIpc) is 3.15. The highest BCUT2D eigenvalue weighted by molar-refractivity contribution is 7.89. The zero-order valence-electron chi connectivity index (χ0n) is 14.3. The first kappa shape index (κ1) is 18.1. The van der Waals surface area contributed by atoms with Crippen molar-refractivity contribution in [2.24, 2.45) is 0 Å². The molecule has 0 bridgehead atoms. The molecule has 136 valence electrons. The molecule has 8 heteroatoms. The fourth-order valence-electron chi connectivity index (χ4n) is 2.32. The Kier molecular flexibility index (Phi) is 5.65. The average molecular weight is 373 g/mol. The Morgan fingerprint density at radius 1 is 1.04 bits per heavy atom. The molecular formula is C18H19N3O4S. The fourth-order valence-corrected chi connectivity index (χ4v) is 3.31. The monoisotopic (exact) mass is 373 g/mol. The number of hydrogen-bond donors (Lipinski definition) is 1. The van der Waals surface area contributed by atoms with Crippen molar-refractivity contribution < 1.29 is 17.6 Å². The van der Waals surface area contributed by atoms with Gasteiger partial charge in [0.1, 0.15) is 5.75 Å². The number of sulfonamides is 1. The summed E-state index contributed by atoms with van der Waals surface area (Å²) < 4.78 is 37.3. The Morgan fingerprint density at radius 3 is 2.46 bits per heavy atom. The minimum Gasteiger partial charge on any atom is -0.497 e. The summed E-state index contributed by atoms with van der Waals surface area (Å²) in [7, 11) is -1.85. The van der Waals surface area contributed by atoms with E-state index in [2.05, 4.69) is 14.9 Å². The number of nitrogens with one attached hydrogen (secondary N) is 1. The molecule has 3 rings (SSSR count). The maximum absolute atomic E-state index is 12.1. The summed E-state index contributed by atoms with van der Waals surface area (Å²) in [5, 5.41) is 7.83. The van der Waals surface area contributed by atoms with Crippen molar-refractivity contribution in [3.05, 3.63) is 66.1 Å². The largest absolute Gasteiger partial charge is 0.497 e. The summed E-state index contributed by atoms with van der Waals surface area (Å²) in [6, 6.07) is 16.6. The van der Waals surface area contributed by atoms with Gasteiger partial charge in [-0.15, -0.1) is 10.2 Å². The molecule has 2 aromatic carbocycles. The molecule has 0 spiro atoms. The van der Waals surface area contributed by atoms with Gasteiger partial charge >= 0.3 is 0 Å². The van der Waals surface area contributed by atoms with E-state index in [1.54, 1.807) is 31.4 Å². The number of nitrogens with zero attached hydrogens (tertiary/aromatic N) is 2. The van der Waals surface area contributed by atoms with Crippen molar-refractivity contribution >= 4 is 10.0 Å². The maximum atomic E-state index is 12.1. The highest BCUT2D eigenvalue weighted by atomic mass is 32.2. The molecule has 1 heterocycles. The number of methoxy groups -OCH3 is 1. The first-order chi connectivity index (χ1) is 12.6. The van der Waals surface area contributed by atoms with E-state index in [-0.39, 0.29) is 18.2 Å². The normalized spacial score (nSPS) is 11.4. The fraction of sp³-hybridized carbons (Fsp3) is 0.222. The van der Waals surface area contributed by atoms with Crippen molar-refractivity contribution in [3.8, 4) is 17.2 Å². The highest BCUT2D eigenvalue weighted by Crippen LogP contribution is 2.21. The van der Waals surface area contributed by atoms with Gasteiger partial charge in [0.15, 0.2) is 0 Å². The minimum atomic E-state index is -3.44. The Hall–Kier alpha value is -2.71. The van der Waals surface area contributed by atoms with E-state index in [1.165, 1.54) is 0 Å². The number of benzene rings is 2. The van der Waals surface area contributed by atoms with Crippen LogP contribution in [-0.2, 0) is 23.0 Å². The molecule has 0 amide bonds. The lowest BCUT2D eigenvalue weighted by molar-refractivity contribution is 0.415. The van der Waals surface area contributed by atoms with Crippen LogP contribution >= 0.6 is 0 Å². The van der Waals surface area contributed by atoms with Gasteiger partial charge in [0.05, 0.1) is 19.4 Å². The molecule has 0 aliphatic heterocycles. The molecule has 0 saturated heterocycles. The third kappa shape index (κ3) is 4.90. The van der Waals surface area contributed by atoms with Crippen LogP contribution in [-0.4, -0.2) is 31.5 Å². The van der Waals surface area contributed by atoms with Crippen molar-refractivity contribution in [2.75, 3.05) is 12.9 Å². The molecule has 26 heavy (non-hydrogen) atoms. The van der Waals surface area contributed by atoms with Crippen molar-refractivity contribution in [2.45, 2.75) is 13.0 Å². The predicted octanol–water partition coefficient (Wildman–Crippen LogP) is 2.41. The van der Waals surface area contributed by atoms with Gasteiger partial charge in [-0.3, -0.25) is 0 Å². The second-order valence-electron chi connectivity index (χ2n) is 5.61. The van der Waals surface area contributed by atoms with Crippen molar-refractivity contribution in [1.29, 1.82) is 0 Å². The lowest BCUT2D eigenvalue weighted by Gasteiger charge is -2.04. The summed E-state index contributed by atoms with van der Waals surface area (Å²) >= 11 is 0. The molecule has 7 nitrogen and oxygen atoms in total. The van der Waals surface area contributed by atoms with Crippen LogP contribution in [0.4, 0.5) is 0 Å². The third-order valence-corrected chi connectivity index (χ3v) is 5.08. The molecule has 0 saturated carbocycles. The van der Waals surface area contributed by atoms with Gasteiger partial charge in [-0.1, -0.05) is 30.3 Å². The van der Waals surface area contributed by atoms with Crippen molar-refractivity contribution in [3.63, 3.8) is 0 Å². The van der Waals surface area contributed by atoms with Gasteiger partial charge in [0.2, 0.25) is 21.8 Å². The molecule has 1 N–H and O–H groups in total. The van der Waals surface area contributed by atoms with Gasteiger partial charge < -0.3 is 9.15 Å². The first-order valence-corrected chi connectivity index (χ1v) is 9.69. The van der Waals surface area contributed by atoms with E-state index in [0.717, 1.165) is 16.9 Å². The molecule has 0 aliphatic rings. The lowest BCUT2D eigenvalue weighted by atomic mass is 10.2. The number of hydrogen-bond acceptors (Lipinski definition) is 6. The van der Waals surface area contributed by atoms with E-state index in [9.17, 15) is 8.42 Å². The van der Waals surface area contributed by atoms with Crippen LogP contribution in [0.15, 0.2) is 59.0 Å². The van der Waals surface area contributed by atoms with Gasteiger partial charge in [-0.05, 0) is 36.2 Å². The summed E-state index contributed by atoms with van der Waals surface area (Å²) in [5.74, 6) is 1.25. The molecule has 3 aromatic rings. The zero-order valence-corrected chi connectivity index (χ0v) is 15.1. The Labute approximate surface area is 152 Å². The summed E-state index contributed by atoms with van der Waals surface area (Å²) in [6.45, 7) is -0.0414. The maximum Gasteiger partial charge on any atom is 0.247 e. The van der Waals surface area contributed by atoms with Crippen molar-refractivity contribution in [1.82, 2.24) is 14.9 Å². The smallest absolute Gasteiger partial charge is 0.247 e. The molecule has 0 aliphatic carbocycles. The van der Waals surface area contributed by atoms with Crippen LogP contribution in [0.5, 0.6) is 5.75 Å². The van der Waals surface area contributed by atoms with E-state index >= 15 is 0 Å². The van der Waals surface area contributed by atoms with Gasteiger partial charge in [0.25, 0.3) is 0 Å². The van der Waals surface area contributed by atoms with Crippen LogP contribution in [0.3, 0.4) is 0 Å². The van der Waals surface area contributed by atoms with E-state index in [0.29, 0.717) is 12.3 Å². The first-order valence-electron chi connectivity index (χ1n) is 8.04. The molecular weight excluding hydrogens is 354 g/mol. The quantitative estimate of drug-likeness (QED) is 0.652. The second kappa shape index (κ2) is 8.11. The van der Waals surface area contributed by atoms with Crippen LogP contribution < -0.4 is 9.46 Å². The Morgan fingerprint density at radius 2 is 1.77 bits per heavy atom. The van der Waals surface area contributed by atoms with Crippen LogP contribution in [0.1, 0.15) is 11.5 Å².